The highest BCUT2D eigenvalue weighted by molar-refractivity contribution is 5.31. The molecule has 0 atom stereocenters. The zero-order chi connectivity index (χ0) is 23.8. The van der Waals surface area contributed by atoms with Gasteiger partial charge in [0.25, 0.3) is 0 Å². The molecule has 1 saturated heterocycles. The van der Waals surface area contributed by atoms with Crippen LogP contribution in [0.5, 0.6) is 5.75 Å². The number of benzene rings is 2. The highest BCUT2D eigenvalue weighted by atomic mass is 35.5. The molecule has 0 bridgehead atoms. The standard InChI is InChI=1S/C30H46NO2.ClH/c1-29(2,3)25-30(4,5)27-14-16-28(17-15-27)33-23-22-32-21-20-31(18-10-7-11-19-31)24-26-12-8-6-9-13-26;/h6,8-9,12-17H,7,10-11,18-25H2,1-5H3;1H/q+1;/p-1. The van der Waals surface area contributed by atoms with Crippen LogP contribution in [0.15, 0.2) is 54.6 Å². The van der Waals surface area contributed by atoms with E-state index in [1.54, 1.807) is 0 Å². The molecule has 4 heteroatoms. The van der Waals surface area contributed by atoms with Crippen molar-refractivity contribution in [1.82, 2.24) is 0 Å². The van der Waals surface area contributed by atoms with Crippen molar-refractivity contribution in [2.45, 2.75) is 72.3 Å². The molecule has 34 heavy (non-hydrogen) atoms. The van der Waals surface area contributed by atoms with Gasteiger partial charge in [0.1, 0.15) is 25.4 Å². The SMILES string of the molecule is CC(C)(C)CC(C)(C)c1ccc(OCCOCC[N+]2(Cc3ccccc3)CCCCC2)cc1.[Cl-]. The average Bonchev–Trinajstić information content (AvgIpc) is 2.76. The lowest BCUT2D eigenvalue weighted by Crippen LogP contribution is -3.00. The molecule has 0 amide bonds. The molecule has 190 valence electrons. The van der Waals surface area contributed by atoms with Gasteiger partial charge in [-0.15, -0.1) is 0 Å². The fraction of sp³-hybridized carbons (Fsp3) is 0.600. The second-order valence-electron chi connectivity index (χ2n) is 11.8. The first-order valence-corrected chi connectivity index (χ1v) is 12.9. The molecule has 0 aromatic heterocycles. The largest absolute Gasteiger partial charge is 1.00 e. The van der Waals surface area contributed by atoms with Gasteiger partial charge in [-0.3, -0.25) is 0 Å². The maximum absolute atomic E-state index is 6.01. The number of hydrogen-bond donors (Lipinski definition) is 0. The van der Waals surface area contributed by atoms with E-state index in [0.29, 0.717) is 18.6 Å². The second kappa shape index (κ2) is 13.0. The minimum atomic E-state index is 0. The number of quaternary nitrogens is 1. The van der Waals surface area contributed by atoms with Crippen LogP contribution in [-0.4, -0.2) is 43.9 Å². The van der Waals surface area contributed by atoms with Gasteiger partial charge in [-0.2, -0.15) is 0 Å². The van der Waals surface area contributed by atoms with Crippen LogP contribution in [0.1, 0.15) is 71.4 Å². The average molecular weight is 488 g/mol. The number of rotatable bonds is 11. The molecule has 0 spiro atoms. The van der Waals surface area contributed by atoms with E-state index < -0.39 is 0 Å². The highest BCUT2D eigenvalue weighted by Gasteiger charge is 2.30. The van der Waals surface area contributed by atoms with Gasteiger partial charge in [0.05, 0.1) is 26.3 Å². The molecule has 2 aromatic carbocycles. The number of ether oxygens (including phenoxy) is 2. The van der Waals surface area contributed by atoms with Gasteiger partial charge in [-0.05, 0) is 54.2 Å². The second-order valence-corrected chi connectivity index (χ2v) is 11.8. The summed E-state index contributed by atoms with van der Waals surface area (Å²) in [7, 11) is 0. The fourth-order valence-electron chi connectivity index (χ4n) is 5.62. The van der Waals surface area contributed by atoms with Crippen molar-refractivity contribution in [3.8, 4) is 5.75 Å². The summed E-state index contributed by atoms with van der Waals surface area (Å²) in [5, 5.41) is 0. The van der Waals surface area contributed by atoms with Crippen LogP contribution in [0.25, 0.3) is 0 Å². The van der Waals surface area contributed by atoms with Crippen molar-refractivity contribution in [2.24, 2.45) is 5.41 Å². The Morgan fingerprint density at radius 2 is 1.41 bits per heavy atom. The van der Waals surface area contributed by atoms with E-state index in [2.05, 4.69) is 89.2 Å². The number of likely N-dealkylation sites (tertiary alicyclic amines) is 1. The van der Waals surface area contributed by atoms with Gasteiger partial charge < -0.3 is 26.4 Å². The van der Waals surface area contributed by atoms with Crippen molar-refractivity contribution < 1.29 is 26.4 Å². The summed E-state index contributed by atoms with van der Waals surface area (Å²) in [6.45, 7) is 18.4. The molecular formula is C30H46ClNO2. The van der Waals surface area contributed by atoms with Gasteiger partial charge in [-0.1, -0.05) is 77.1 Å². The van der Waals surface area contributed by atoms with Crippen molar-refractivity contribution in [3.63, 3.8) is 0 Å². The molecule has 0 unspecified atom stereocenters. The molecule has 1 aliphatic heterocycles. The number of halogens is 1. The van der Waals surface area contributed by atoms with Gasteiger partial charge in [0.2, 0.25) is 0 Å². The topological polar surface area (TPSA) is 18.5 Å². The Labute approximate surface area is 214 Å². The Balaban J connectivity index is 0.00000408. The Hall–Kier alpha value is -1.55. The Morgan fingerprint density at radius 1 is 0.765 bits per heavy atom. The summed E-state index contributed by atoms with van der Waals surface area (Å²) in [6, 6.07) is 19.6. The third kappa shape index (κ3) is 9.24. The van der Waals surface area contributed by atoms with Crippen LogP contribution in [0.4, 0.5) is 0 Å². The molecule has 1 fully saturated rings. The Bertz CT molecular complexity index is 821. The number of piperidine rings is 1. The molecule has 1 aliphatic rings. The van der Waals surface area contributed by atoms with Crippen LogP contribution in [-0.2, 0) is 16.7 Å². The van der Waals surface area contributed by atoms with E-state index in [1.165, 1.54) is 43.5 Å². The van der Waals surface area contributed by atoms with Crippen LogP contribution in [0.3, 0.4) is 0 Å². The van der Waals surface area contributed by atoms with E-state index in [0.717, 1.165) is 36.3 Å². The summed E-state index contributed by atoms with van der Waals surface area (Å²) >= 11 is 0. The molecule has 0 radical (unpaired) electrons. The maximum Gasteiger partial charge on any atom is 0.119 e. The minimum Gasteiger partial charge on any atom is -1.00 e. The van der Waals surface area contributed by atoms with Gasteiger partial charge >= 0.3 is 0 Å². The maximum atomic E-state index is 6.01. The van der Waals surface area contributed by atoms with E-state index in [1.807, 2.05) is 0 Å². The Kier molecular flexibility index (Phi) is 10.9. The van der Waals surface area contributed by atoms with Crippen molar-refractivity contribution in [3.05, 3.63) is 65.7 Å². The molecule has 0 aliphatic carbocycles. The normalized spacial score (nSPS) is 16.0. The van der Waals surface area contributed by atoms with Crippen LogP contribution >= 0.6 is 0 Å². The zero-order valence-corrected chi connectivity index (χ0v) is 22.9. The van der Waals surface area contributed by atoms with Crippen molar-refractivity contribution >= 4 is 0 Å². The van der Waals surface area contributed by atoms with Gasteiger partial charge in [0.15, 0.2) is 0 Å². The molecule has 2 aromatic rings. The molecule has 0 N–H and O–H groups in total. The number of nitrogens with zero attached hydrogens (tertiary/aromatic N) is 1. The first-order chi connectivity index (χ1) is 15.7. The third-order valence-corrected chi connectivity index (χ3v) is 6.94. The molecule has 0 saturated carbocycles. The van der Waals surface area contributed by atoms with Crippen molar-refractivity contribution in [1.29, 1.82) is 0 Å². The lowest BCUT2D eigenvalue weighted by Gasteiger charge is -2.41. The molecule has 3 nitrogen and oxygen atoms in total. The van der Waals surface area contributed by atoms with Crippen molar-refractivity contribution in [2.75, 3.05) is 39.5 Å². The Morgan fingerprint density at radius 3 is 2.03 bits per heavy atom. The lowest BCUT2D eigenvalue weighted by atomic mass is 9.72. The third-order valence-electron chi connectivity index (χ3n) is 6.94. The molecule has 3 rings (SSSR count). The predicted molar refractivity (Wildman–Crippen MR) is 139 cm³/mol. The first kappa shape index (κ1) is 28.7. The molecular weight excluding hydrogens is 442 g/mol. The van der Waals surface area contributed by atoms with E-state index in [-0.39, 0.29) is 17.8 Å². The van der Waals surface area contributed by atoms with E-state index >= 15 is 0 Å². The number of hydrogen-bond acceptors (Lipinski definition) is 2. The monoisotopic (exact) mass is 487 g/mol. The summed E-state index contributed by atoms with van der Waals surface area (Å²) in [4.78, 5) is 0. The minimum absolute atomic E-state index is 0. The van der Waals surface area contributed by atoms with Crippen LogP contribution in [0, 0.1) is 5.41 Å². The van der Waals surface area contributed by atoms with Gasteiger partial charge in [-0.25, -0.2) is 0 Å². The van der Waals surface area contributed by atoms with Crippen LogP contribution in [0.2, 0.25) is 0 Å². The summed E-state index contributed by atoms with van der Waals surface area (Å²) in [6.07, 6.45) is 5.19. The quantitative estimate of drug-likeness (QED) is 0.352. The fourth-order valence-corrected chi connectivity index (χ4v) is 5.62. The lowest BCUT2D eigenvalue weighted by molar-refractivity contribution is -0.945. The predicted octanol–water partition coefficient (Wildman–Crippen LogP) is 4.00. The summed E-state index contributed by atoms with van der Waals surface area (Å²) in [5.41, 5.74) is 3.28. The van der Waals surface area contributed by atoms with E-state index in [4.69, 9.17) is 9.47 Å². The summed E-state index contributed by atoms with van der Waals surface area (Å²) < 4.78 is 13.1. The van der Waals surface area contributed by atoms with Crippen LogP contribution < -0.4 is 17.1 Å². The van der Waals surface area contributed by atoms with E-state index in [9.17, 15) is 0 Å². The molecule has 1 heterocycles. The first-order valence-electron chi connectivity index (χ1n) is 12.9. The van der Waals surface area contributed by atoms with Gasteiger partial charge in [0, 0.05) is 5.56 Å². The smallest absolute Gasteiger partial charge is 0.119 e. The summed E-state index contributed by atoms with van der Waals surface area (Å²) in [5.74, 6) is 0.928. The highest BCUT2D eigenvalue weighted by Crippen LogP contribution is 2.36. The zero-order valence-electron chi connectivity index (χ0n) is 22.1.